The molecule has 1 aromatic heterocycles. The van der Waals surface area contributed by atoms with Gasteiger partial charge in [0.1, 0.15) is 11.5 Å². The summed E-state index contributed by atoms with van der Waals surface area (Å²) in [7, 11) is 1.57. The lowest BCUT2D eigenvalue weighted by Gasteiger charge is -2.15. The van der Waals surface area contributed by atoms with Gasteiger partial charge in [-0.2, -0.15) is 0 Å². The predicted molar refractivity (Wildman–Crippen MR) is 92.6 cm³/mol. The number of para-hydroxylation sites is 2. The summed E-state index contributed by atoms with van der Waals surface area (Å²) >= 11 is 0. The second-order valence-electron chi connectivity index (χ2n) is 4.97. The Morgan fingerprint density at radius 2 is 1.62 bits per heavy atom. The normalized spacial score (nSPS) is 10.2. The van der Waals surface area contributed by atoms with E-state index >= 15 is 0 Å². The topological polar surface area (TPSA) is 92.6 Å². The zero-order valence-corrected chi connectivity index (χ0v) is 13.1. The van der Waals surface area contributed by atoms with Crippen LogP contribution in [0.2, 0.25) is 0 Å². The first kappa shape index (κ1) is 15.5. The quantitative estimate of drug-likeness (QED) is 0.693. The first-order valence-corrected chi connectivity index (χ1v) is 7.25. The van der Waals surface area contributed by atoms with Gasteiger partial charge in [0.25, 0.3) is 0 Å². The summed E-state index contributed by atoms with van der Waals surface area (Å²) in [6.45, 7) is 0. The van der Waals surface area contributed by atoms with Crippen LogP contribution in [-0.2, 0) is 0 Å². The number of aromatic nitrogens is 1. The number of rotatable bonds is 5. The Kier molecular flexibility index (Phi) is 4.38. The lowest BCUT2D eigenvalue weighted by atomic mass is 10.2. The molecule has 1 heterocycles. The molecular weight excluding hydrogens is 306 g/mol. The van der Waals surface area contributed by atoms with Crippen molar-refractivity contribution < 1.29 is 14.2 Å². The van der Waals surface area contributed by atoms with E-state index in [1.54, 1.807) is 55.9 Å². The van der Waals surface area contributed by atoms with Crippen molar-refractivity contribution in [2.75, 3.05) is 18.6 Å². The molecule has 3 rings (SSSR count). The minimum atomic E-state index is 0.333. The van der Waals surface area contributed by atoms with E-state index in [2.05, 4.69) is 4.98 Å². The molecule has 0 amide bonds. The van der Waals surface area contributed by atoms with Crippen molar-refractivity contribution in [2.24, 2.45) is 0 Å². The zero-order valence-electron chi connectivity index (χ0n) is 13.1. The number of nitrogens with two attached hydrogens (primary N) is 2. The van der Waals surface area contributed by atoms with Crippen LogP contribution in [0.25, 0.3) is 0 Å². The van der Waals surface area contributed by atoms with Crippen LogP contribution >= 0.6 is 0 Å². The lowest BCUT2D eigenvalue weighted by Crippen LogP contribution is -2.00. The molecule has 0 unspecified atom stereocenters. The number of methoxy groups -OCH3 is 1. The average Bonchev–Trinajstić information content (AvgIpc) is 2.60. The van der Waals surface area contributed by atoms with Crippen molar-refractivity contribution in [3.8, 4) is 28.7 Å². The second kappa shape index (κ2) is 6.78. The highest BCUT2D eigenvalue weighted by Crippen LogP contribution is 2.39. The lowest BCUT2D eigenvalue weighted by molar-refractivity contribution is 0.378. The molecule has 0 spiro atoms. The molecule has 0 fully saturated rings. The number of anilines is 2. The van der Waals surface area contributed by atoms with Crippen LogP contribution in [-0.4, -0.2) is 12.1 Å². The highest BCUT2D eigenvalue weighted by atomic mass is 16.5. The maximum Gasteiger partial charge on any atom is 0.169 e. The number of nitrogen functional groups attached to an aromatic ring is 2. The van der Waals surface area contributed by atoms with E-state index in [9.17, 15) is 0 Å². The summed E-state index contributed by atoms with van der Waals surface area (Å²) in [6.07, 6.45) is 3.27. The largest absolute Gasteiger partial charge is 0.493 e. The molecule has 0 radical (unpaired) electrons. The Balaban J connectivity index is 1.93. The molecule has 0 aliphatic carbocycles. The SMILES string of the molecule is COc1ccccc1Oc1cc(Oc2cccnc2)cc(N)c1N. The fourth-order valence-electron chi connectivity index (χ4n) is 2.13. The van der Waals surface area contributed by atoms with Crippen molar-refractivity contribution in [3.63, 3.8) is 0 Å². The molecule has 0 saturated heterocycles. The fourth-order valence-corrected chi connectivity index (χ4v) is 2.13. The van der Waals surface area contributed by atoms with Crippen LogP contribution in [0.4, 0.5) is 11.4 Å². The second-order valence-corrected chi connectivity index (χ2v) is 4.97. The van der Waals surface area contributed by atoms with Crippen molar-refractivity contribution >= 4 is 11.4 Å². The van der Waals surface area contributed by atoms with E-state index in [4.69, 9.17) is 25.7 Å². The molecule has 4 N–H and O–H groups in total. The van der Waals surface area contributed by atoms with Crippen LogP contribution in [0.5, 0.6) is 28.7 Å². The average molecular weight is 323 g/mol. The fraction of sp³-hybridized carbons (Fsp3) is 0.0556. The Bertz CT molecular complexity index is 838. The summed E-state index contributed by atoms with van der Waals surface area (Å²) in [5.41, 5.74) is 12.7. The molecule has 0 aliphatic rings. The molecule has 6 nitrogen and oxygen atoms in total. The molecule has 6 heteroatoms. The smallest absolute Gasteiger partial charge is 0.169 e. The first-order valence-electron chi connectivity index (χ1n) is 7.25. The Labute approximate surface area is 139 Å². The molecular formula is C18H17N3O3. The molecule has 3 aromatic rings. The summed E-state index contributed by atoms with van der Waals surface area (Å²) in [5, 5.41) is 0. The number of hydrogen-bond acceptors (Lipinski definition) is 6. The van der Waals surface area contributed by atoms with E-state index in [0.29, 0.717) is 40.1 Å². The third-order valence-electron chi connectivity index (χ3n) is 3.31. The monoisotopic (exact) mass is 323 g/mol. The molecule has 0 aliphatic heterocycles. The third kappa shape index (κ3) is 3.33. The molecule has 2 aromatic carbocycles. The van der Waals surface area contributed by atoms with Crippen LogP contribution in [0.3, 0.4) is 0 Å². The third-order valence-corrected chi connectivity index (χ3v) is 3.31. The van der Waals surface area contributed by atoms with Crippen molar-refractivity contribution in [2.45, 2.75) is 0 Å². The first-order chi connectivity index (χ1) is 11.7. The summed E-state index contributed by atoms with van der Waals surface area (Å²) < 4.78 is 16.9. The highest BCUT2D eigenvalue weighted by molar-refractivity contribution is 5.74. The predicted octanol–water partition coefficient (Wildman–Crippen LogP) is 3.84. The number of nitrogens with zero attached hydrogens (tertiary/aromatic N) is 1. The molecule has 0 atom stereocenters. The van der Waals surface area contributed by atoms with E-state index in [-0.39, 0.29) is 0 Å². The molecule has 122 valence electrons. The molecule has 0 bridgehead atoms. The van der Waals surface area contributed by atoms with Crippen molar-refractivity contribution in [1.29, 1.82) is 0 Å². The van der Waals surface area contributed by atoms with E-state index in [0.717, 1.165) is 0 Å². The van der Waals surface area contributed by atoms with Crippen LogP contribution in [0.15, 0.2) is 60.9 Å². The maximum absolute atomic E-state index is 6.03. The van der Waals surface area contributed by atoms with Crippen molar-refractivity contribution in [3.05, 3.63) is 60.9 Å². The standard InChI is InChI=1S/C18H17N3O3/c1-22-15-6-2-3-7-16(15)24-17-10-13(9-14(19)18(17)20)23-12-5-4-8-21-11-12/h2-11H,19-20H2,1H3. The van der Waals surface area contributed by atoms with Gasteiger partial charge in [-0.25, -0.2) is 0 Å². The number of ether oxygens (including phenoxy) is 3. The highest BCUT2D eigenvalue weighted by Gasteiger charge is 2.12. The maximum atomic E-state index is 6.03. The van der Waals surface area contributed by atoms with Gasteiger partial charge in [0.2, 0.25) is 0 Å². The Morgan fingerprint density at radius 3 is 2.33 bits per heavy atom. The Hall–Kier alpha value is -3.41. The van der Waals surface area contributed by atoms with Gasteiger partial charge < -0.3 is 25.7 Å². The van der Waals surface area contributed by atoms with Crippen LogP contribution < -0.4 is 25.7 Å². The van der Waals surface area contributed by atoms with Crippen molar-refractivity contribution in [1.82, 2.24) is 4.98 Å². The molecule has 0 saturated carbocycles. The zero-order chi connectivity index (χ0) is 16.9. The van der Waals surface area contributed by atoms with E-state index < -0.39 is 0 Å². The minimum absolute atomic E-state index is 0.333. The summed E-state index contributed by atoms with van der Waals surface area (Å²) in [4.78, 5) is 4.00. The van der Waals surface area contributed by atoms with Crippen LogP contribution in [0, 0.1) is 0 Å². The van der Waals surface area contributed by atoms with Gasteiger partial charge >= 0.3 is 0 Å². The van der Waals surface area contributed by atoms with Gasteiger partial charge in [-0.1, -0.05) is 12.1 Å². The van der Waals surface area contributed by atoms with E-state index in [1.165, 1.54) is 0 Å². The van der Waals surface area contributed by atoms with Gasteiger partial charge in [0, 0.05) is 18.3 Å². The van der Waals surface area contributed by atoms with Crippen LogP contribution in [0.1, 0.15) is 0 Å². The van der Waals surface area contributed by atoms with Gasteiger partial charge in [-0.15, -0.1) is 0 Å². The van der Waals surface area contributed by atoms with E-state index in [1.807, 2.05) is 12.1 Å². The van der Waals surface area contributed by atoms with Gasteiger partial charge in [-0.05, 0) is 24.3 Å². The Morgan fingerprint density at radius 1 is 0.833 bits per heavy atom. The van der Waals surface area contributed by atoms with Gasteiger partial charge in [0.15, 0.2) is 17.2 Å². The minimum Gasteiger partial charge on any atom is -0.493 e. The summed E-state index contributed by atoms with van der Waals surface area (Å²) in [6, 6.07) is 14.2. The van der Waals surface area contributed by atoms with Gasteiger partial charge in [-0.3, -0.25) is 4.98 Å². The number of benzene rings is 2. The summed E-state index contributed by atoms with van der Waals surface area (Å²) in [5.74, 6) is 2.60. The molecule has 24 heavy (non-hydrogen) atoms. The number of pyridine rings is 1. The number of hydrogen-bond donors (Lipinski definition) is 2. The van der Waals surface area contributed by atoms with Gasteiger partial charge in [0.05, 0.1) is 24.7 Å².